The summed E-state index contributed by atoms with van der Waals surface area (Å²) in [5, 5.41) is 12.6. The van der Waals surface area contributed by atoms with Gasteiger partial charge in [-0.1, -0.05) is 103 Å². The molecule has 0 fully saturated rings. The van der Waals surface area contributed by atoms with E-state index >= 15 is 0 Å². The van der Waals surface area contributed by atoms with E-state index in [2.05, 4.69) is 48.2 Å². The number of aryl methyl sites for hydroxylation is 1. The molecule has 0 saturated carbocycles. The second-order valence-corrected chi connectivity index (χ2v) is 12.1. The maximum absolute atomic E-state index is 12.5. The van der Waals surface area contributed by atoms with Crippen LogP contribution in [0.5, 0.6) is 0 Å². The molecule has 0 spiro atoms. The highest BCUT2D eigenvalue weighted by molar-refractivity contribution is 6.34. The number of unbranched alkanes of at least 4 members (excludes halogenated alkanes) is 9. The maximum atomic E-state index is 12.5. The molecule has 40 heavy (non-hydrogen) atoms. The van der Waals surface area contributed by atoms with Gasteiger partial charge in [-0.2, -0.15) is 5.10 Å². The number of H-pyrrole nitrogens is 1. The number of benzene rings is 1. The van der Waals surface area contributed by atoms with E-state index in [1.807, 2.05) is 25.1 Å². The van der Waals surface area contributed by atoms with E-state index in [0.29, 0.717) is 28.8 Å². The summed E-state index contributed by atoms with van der Waals surface area (Å²) in [6.45, 7) is 10.8. The van der Waals surface area contributed by atoms with Crippen molar-refractivity contribution >= 4 is 34.8 Å². The first-order chi connectivity index (χ1) is 19.1. The molecule has 0 aliphatic heterocycles. The Morgan fingerprint density at radius 1 is 0.975 bits per heavy atom. The normalized spacial score (nSPS) is 11.8. The predicted octanol–water partition coefficient (Wildman–Crippen LogP) is 8.17. The van der Waals surface area contributed by atoms with Gasteiger partial charge in [0.25, 0.3) is 0 Å². The summed E-state index contributed by atoms with van der Waals surface area (Å²) in [6, 6.07) is 5.60. The van der Waals surface area contributed by atoms with Gasteiger partial charge in [-0.3, -0.25) is 9.59 Å². The van der Waals surface area contributed by atoms with E-state index < -0.39 is 0 Å². The van der Waals surface area contributed by atoms with Crippen LogP contribution in [0.15, 0.2) is 18.2 Å². The second kappa shape index (κ2) is 15.2. The van der Waals surface area contributed by atoms with E-state index in [4.69, 9.17) is 16.3 Å². The topological polar surface area (TPSA) is 101 Å². The lowest BCUT2D eigenvalue weighted by Gasteiger charge is -2.14. The molecule has 2 aromatic heterocycles. The number of aromatic nitrogens is 4. The van der Waals surface area contributed by atoms with E-state index in [0.717, 1.165) is 29.7 Å². The Morgan fingerprint density at radius 2 is 1.62 bits per heavy atom. The van der Waals surface area contributed by atoms with Gasteiger partial charge in [-0.05, 0) is 31.0 Å². The van der Waals surface area contributed by atoms with Gasteiger partial charge in [0.2, 0.25) is 5.91 Å². The number of nitrogens with zero attached hydrogens (tertiary/aromatic N) is 3. The van der Waals surface area contributed by atoms with Crippen molar-refractivity contribution in [3.8, 4) is 11.4 Å². The van der Waals surface area contributed by atoms with Gasteiger partial charge >= 0.3 is 5.97 Å². The number of hydrogen-bond acceptors (Lipinski definition) is 5. The van der Waals surface area contributed by atoms with E-state index in [1.54, 1.807) is 0 Å². The Kier molecular flexibility index (Phi) is 12.0. The number of anilines is 1. The average molecular weight is 572 g/mol. The van der Waals surface area contributed by atoms with Crippen LogP contribution in [-0.2, 0) is 19.7 Å². The van der Waals surface area contributed by atoms with Gasteiger partial charge < -0.3 is 15.0 Å². The number of carbonyl (C=O) groups is 2. The highest BCUT2D eigenvalue weighted by atomic mass is 35.5. The Morgan fingerprint density at radius 3 is 2.25 bits per heavy atom. The number of carbonyl (C=O) groups excluding carboxylic acids is 2. The summed E-state index contributed by atoms with van der Waals surface area (Å²) in [4.78, 5) is 27.9. The van der Waals surface area contributed by atoms with Crippen molar-refractivity contribution in [1.82, 2.24) is 19.8 Å². The summed E-state index contributed by atoms with van der Waals surface area (Å²) in [6.07, 6.45) is 12.5. The van der Waals surface area contributed by atoms with Crippen molar-refractivity contribution in [2.45, 2.75) is 117 Å². The molecule has 0 atom stereocenters. The van der Waals surface area contributed by atoms with Gasteiger partial charge in [0.15, 0.2) is 11.5 Å². The van der Waals surface area contributed by atoms with Crippen molar-refractivity contribution in [2.24, 2.45) is 0 Å². The zero-order chi connectivity index (χ0) is 29.1. The number of halogens is 1. The molecular weight excluding hydrogens is 526 g/mol. The predicted molar refractivity (Wildman–Crippen MR) is 162 cm³/mol. The third-order valence-electron chi connectivity index (χ3n) is 7.05. The van der Waals surface area contributed by atoms with Gasteiger partial charge in [0.1, 0.15) is 5.02 Å². The van der Waals surface area contributed by atoms with Crippen LogP contribution in [0.3, 0.4) is 0 Å². The van der Waals surface area contributed by atoms with Crippen molar-refractivity contribution in [2.75, 3.05) is 11.9 Å². The molecule has 3 aromatic rings. The van der Waals surface area contributed by atoms with Gasteiger partial charge in [-0.25, -0.2) is 0 Å². The summed E-state index contributed by atoms with van der Waals surface area (Å²) in [7, 11) is 0. The van der Waals surface area contributed by atoms with Crippen molar-refractivity contribution in [1.29, 1.82) is 0 Å². The van der Waals surface area contributed by atoms with E-state index in [9.17, 15) is 9.59 Å². The first-order valence-corrected chi connectivity index (χ1v) is 15.2. The Labute approximate surface area is 243 Å². The number of hydrogen-bond donors (Lipinski definition) is 2. The number of esters is 1. The number of fused-ring (bicyclic) bond motifs is 1. The molecular formula is C31H46ClN5O3. The smallest absolute Gasteiger partial charge is 0.306 e. The number of nitrogens with one attached hydrogen (secondary N) is 2. The van der Waals surface area contributed by atoms with Crippen molar-refractivity contribution in [3.63, 3.8) is 0 Å². The first kappa shape index (κ1) is 31.7. The number of rotatable bonds is 16. The summed E-state index contributed by atoms with van der Waals surface area (Å²) in [5.74, 6) is 0.0351. The molecule has 3 rings (SSSR count). The molecule has 0 saturated heterocycles. The molecule has 9 heteroatoms. The van der Waals surface area contributed by atoms with Gasteiger partial charge in [0, 0.05) is 23.1 Å². The third kappa shape index (κ3) is 9.36. The second-order valence-electron chi connectivity index (χ2n) is 11.7. The zero-order valence-electron chi connectivity index (χ0n) is 24.9. The van der Waals surface area contributed by atoms with E-state index in [-0.39, 0.29) is 30.1 Å². The number of amides is 1. The Bertz CT molecular complexity index is 1260. The lowest BCUT2D eigenvalue weighted by molar-refractivity contribution is -0.144. The van der Waals surface area contributed by atoms with Crippen LogP contribution >= 0.6 is 11.6 Å². The molecule has 1 aromatic carbocycles. The molecule has 2 N–H and O–H groups in total. The van der Waals surface area contributed by atoms with Crippen LogP contribution in [-0.4, -0.2) is 38.3 Å². The molecule has 220 valence electrons. The monoisotopic (exact) mass is 571 g/mol. The lowest BCUT2D eigenvalue weighted by atomic mass is 9.92. The molecule has 0 aliphatic rings. The Hall–Kier alpha value is -2.87. The summed E-state index contributed by atoms with van der Waals surface area (Å²) < 4.78 is 6.84. The van der Waals surface area contributed by atoms with Crippen LogP contribution in [0, 0.1) is 6.92 Å². The molecule has 0 bridgehead atoms. The van der Waals surface area contributed by atoms with Crippen molar-refractivity contribution in [3.05, 3.63) is 34.5 Å². The highest BCUT2D eigenvalue weighted by Crippen LogP contribution is 2.32. The number of aromatic amines is 1. The molecule has 8 nitrogen and oxygen atoms in total. The fraction of sp³-hybridized carbons (Fsp3) is 0.613. The molecule has 0 aliphatic carbocycles. The van der Waals surface area contributed by atoms with Crippen LogP contribution in [0.25, 0.3) is 17.0 Å². The largest absolute Gasteiger partial charge is 0.466 e. The minimum Gasteiger partial charge on any atom is -0.466 e. The van der Waals surface area contributed by atoms with Crippen LogP contribution in [0.2, 0.25) is 5.02 Å². The molecule has 2 heterocycles. The lowest BCUT2D eigenvalue weighted by Crippen LogP contribution is -2.15. The zero-order valence-corrected chi connectivity index (χ0v) is 25.6. The van der Waals surface area contributed by atoms with Crippen LogP contribution in [0.4, 0.5) is 5.69 Å². The third-order valence-corrected chi connectivity index (χ3v) is 7.40. The summed E-state index contributed by atoms with van der Waals surface area (Å²) in [5.41, 5.74) is 3.64. The fourth-order valence-electron chi connectivity index (χ4n) is 4.64. The van der Waals surface area contributed by atoms with E-state index in [1.165, 1.54) is 56.0 Å². The van der Waals surface area contributed by atoms with Crippen LogP contribution in [0.1, 0.15) is 116 Å². The Balaban J connectivity index is 1.40. The molecule has 0 radical (unpaired) electrons. The quantitative estimate of drug-likeness (QED) is 0.133. The van der Waals surface area contributed by atoms with Crippen LogP contribution < -0.4 is 5.32 Å². The molecule has 1 amide bonds. The number of ether oxygens (including phenoxy) is 1. The van der Waals surface area contributed by atoms with Crippen molar-refractivity contribution < 1.29 is 14.3 Å². The minimum absolute atomic E-state index is 0.0618. The SMILES string of the molecule is CCCCCCCCCCCCOC(=O)CCC(=O)Nc1ccc(C)c(-c2nn3nc(C(C)(C)C)c(Cl)c3[nH]2)c1. The standard InChI is InChI=1S/C31H46ClN5O3/c1-6-7-8-9-10-11-12-13-14-15-20-40-26(39)19-18-25(38)33-23-17-16-22(2)24(21-23)29-34-30-27(32)28(31(3,4)5)35-37(30)36-29/h16-17,21H,6-15,18-20H2,1-5H3,(H,33,38)(H,34,36). The molecule has 0 unspecified atom stereocenters. The highest BCUT2D eigenvalue weighted by Gasteiger charge is 2.25. The summed E-state index contributed by atoms with van der Waals surface area (Å²) >= 11 is 6.58. The van der Waals surface area contributed by atoms with Gasteiger partial charge in [0.05, 0.1) is 18.7 Å². The maximum Gasteiger partial charge on any atom is 0.306 e. The minimum atomic E-state index is -0.332. The average Bonchev–Trinajstić information content (AvgIpc) is 3.46. The first-order valence-electron chi connectivity index (χ1n) is 14.8. The fourth-order valence-corrected chi connectivity index (χ4v) is 5.08. The van der Waals surface area contributed by atoms with Gasteiger partial charge in [-0.15, -0.1) is 9.73 Å².